The van der Waals surface area contributed by atoms with Gasteiger partial charge >= 0.3 is 0 Å². The Morgan fingerprint density at radius 3 is 1.85 bits per heavy atom. The molecule has 5 nitrogen and oxygen atoms in total. The second kappa shape index (κ2) is 14.8. The second-order valence-electron chi connectivity index (χ2n) is 8.00. The molecular weight excluding hydrogens is 328 g/mol. The van der Waals surface area contributed by atoms with Crippen LogP contribution in [0.25, 0.3) is 0 Å². The van der Waals surface area contributed by atoms with Crippen molar-refractivity contribution in [2.24, 2.45) is 0 Å². The minimum atomic E-state index is -0.942. The van der Waals surface area contributed by atoms with Crippen LogP contribution in [0.1, 0.15) is 70.6 Å². The molecule has 0 fully saturated rings. The van der Waals surface area contributed by atoms with Crippen LogP contribution in [-0.4, -0.2) is 62.0 Å². The Morgan fingerprint density at radius 1 is 0.885 bits per heavy atom. The summed E-state index contributed by atoms with van der Waals surface area (Å²) in [5.41, 5.74) is 0. The number of hydrogen-bond donors (Lipinski definition) is 0. The van der Waals surface area contributed by atoms with Gasteiger partial charge in [-0.05, 0) is 31.8 Å². The molecule has 1 amide bonds. The van der Waals surface area contributed by atoms with Gasteiger partial charge in [0.2, 0.25) is 5.91 Å². The third-order valence-electron chi connectivity index (χ3n) is 4.95. The van der Waals surface area contributed by atoms with Gasteiger partial charge in [0, 0.05) is 26.0 Å². The van der Waals surface area contributed by atoms with Gasteiger partial charge in [-0.1, -0.05) is 45.1 Å². The summed E-state index contributed by atoms with van der Waals surface area (Å²) in [4.78, 5) is 23.5. The quantitative estimate of drug-likeness (QED) is 0.225. The van der Waals surface area contributed by atoms with Crippen molar-refractivity contribution >= 4 is 11.9 Å². The van der Waals surface area contributed by atoms with Gasteiger partial charge in [0.15, 0.2) is 0 Å². The van der Waals surface area contributed by atoms with E-state index in [4.69, 9.17) is 0 Å². The molecule has 0 radical (unpaired) electrons. The normalized spacial score (nSPS) is 11.3. The monoisotopic (exact) mass is 368 g/mol. The van der Waals surface area contributed by atoms with Crippen LogP contribution in [0.5, 0.6) is 0 Å². The van der Waals surface area contributed by atoms with E-state index in [1.54, 1.807) is 4.90 Å². The fraction of sp³-hybridized carbons (Fsp3) is 0.810. The molecule has 152 valence electrons. The maximum Gasteiger partial charge on any atom is 0.245 e. The number of likely N-dealkylation sites (N-methyl/N-ethyl adjacent to an activating group) is 1. The van der Waals surface area contributed by atoms with Gasteiger partial charge in [-0.25, -0.2) is 0 Å². The molecule has 0 aromatic rings. The van der Waals surface area contributed by atoms with Crippen LogP contribution in [0.15, 0.2) is 12.7 Å². The average Bonchev–Trinajstić information content (AvgIpc) is 2.58. The Hall–Kier alpha value is -1.36. The van der Waals surface area contributed by atoms with Crippen molar-refractivity contribution in [2.75, 3.05) is 40.8 Å². The summed E-state index contributed by atoms with van der Waals surface area (Å²) in [5.74, 6) is -0.937. The van der Waals surface area contributed by atoms with Crippen LogP contribution in [0.3, 0.4) is 0 Å². The van der Waals surface area contributed by atoms with Gasteiger partial charge in [-0.2, -0.15) is 0 Å². The van der Waals surface area contributed by atoms with E-state index in [-0.39, 0.29) is 12.3 Å². The number of nitrogens with zero attached hydrogens (tertiary/aromatic N) is 2. The Morgan fingerprint density at radius 2 is 1.35 bits per heavy atom. The van der Waals surface area contributed by atoms with Gasteiger partial charge in [-0.15, -0.1) is 0 Å². The molecule has 0 saturated carbocycles. The molecule has 0 atom stereocenters. The first-order chi connectivity index (χ1) is 12.3. The molecule has 0 aromatic heterocycles. The number of hydrogen-bond acceptors (Lipinski definition) is 3. The van der Waals surface area contributed by atoms with Gasteiger partial charge < -0.3 is 19.3 Å². The molecule has 0 aliphatic heterocycles. The highest BCUT2D eigenvalue weighted by Gasteiger charge is 2.13. The van der Waals surface area contributed by atoms with Crippen LogP contribution in [0.4, 0.5) is 0 Å². The van der Waals surface area contributed by atoms with Gasteiger partial charge in [0.05, 0.1) is 27.2 Å². The molecule has 0 aliphatic carbocycles. The van der Waals surface area contributed by atoms with E-state index < -0.39 is 5.97 Å². The zero-order chi connectivity index (χ0) is 19.8. The van der Waals surface area contributed by atoms with E-state index in [9.17, 15) is 14.7 Å². The number of carbonyl (C=O) groups is 2. The molecule has 5 heteroatoms. The molecule has 0 heterocycles. The number of carboxylic acids is 1. The van der Waals surface area contributed by atoms with Crippen LogP contribution < -0.4 is 5.11 Å². The SMILES string of the molecule is C=CC(=O)N(C)CCCCCCCCCCC[N+](C)(C)CCCC(=O)[O-]. The lowest BCUT2D eigenvalue weighted by atomic mass is 10.1. The molecular formula is C21H40N2O3. The zero-order valence-electron chi connectivity index (χ0n) is 17.3. The minimum Gasteiger partial charge on any atom is -0.550 e. The predicted molar refractivity (Wildman–Crippen MR) is 105 cm³/mol. The summed E-state index contributed by atoms with van der Waals surface area (Å²) in [5, 5.41) is 10.5. The molecule has 0 aliphatic rings. The first-order valence-corrected chi connectivity index (χ1v) is 10.2. The van der Waals surface area contributed by atoms with E-state index in [1.165, 1.54) is 57.4 Å². The summed E-state index contributed by atoms with van der Waals surface area (Å²) in [6.07, 6.45) is 13.4. The van der Waals surface area contributed by atoms with Crippen molar-refractivity contribution in [1.82, 2.24) is 4.90 Å². The van der Waals surface area contributed by atoms with Crippen molar-refractivity contribution in [3.05, 3.63) is 12.7 Å². The number of unbranched alkanes of at least 4 members (excludes halogenated alkanes) is 8. The molecule has 0 bridgehead atoms. The summed E-state index contributed by atoms with van der Waals surface area (Å²) < 4.78 is 0.899. The molecule has 0 unspecified atom stereocenters. The predicted octanol–water partition coefficient (Wildman–Crippen LogP) is 2.75. The Labute approximate surface area is 160 Å². The molecule has 0 spiro atoms. The first-order valence-electron chi connectivity index (χ1n) is 10.2. The van der Waals surface area contributed by atoms with Gasteiger partial charge in [-0.3, -0.25) is 4.79 Å². The maximum atomic E-state index is 11.3. The molecule has 0 aromatic carbocycles. The Kier molecular flexibility index (Phi) is 14.0. The lowest BCUT2D eigenvalue weighted by Gasteiger charge is -2.30. The summed E-state index contributed by atoms with van der Waals surface area (Å²) in [6.45, 7) is 6.34. The van der Waals surface area contributed by atoms with E-state index in [0.717, 1.165) is 30.5 Å². The number of rotatable bonds is 17. The van der Waals surface area contributed by atoms with Crippen LogP contribution in [0, 0.1) is 0 Å². The fourth-order valence-electron chi connectivity index (χ4n) is 3.16. The smallest absolute Gasteiger partial charge is 0.245 e. The number of carbonyl (C=O) groups excluding carboxylic acids is 2. The average molecular weight is 369 g/mol. The summed E-state index contributed by atoms with van der Waals surface area (Å²) in [6, 6.07) is 0. The number of amides is 1. The third kappa shape index (κ3) is 14.9. The van der Waals surface area contributed by atoms with E-state index in [0.29, 0.717) is 6.42 Å². The minimum absolute atomic E-state index is 0.00527. The van der Waals surface area contributed by atoms with Gasteiger partial charge in [0.25, 0.3) is 0 Å². The maximum absolute atomic E-state index is 11.3. The van der Waals surface area contributed by atoms with Crippen LogP contribution in [0.2, 0.25) is 0 Å². The summed E-state index contributed by atoms with van der Waals surface area (Å²) in [7, 11) is 6.18. The van der Waals surface area contributed by atoms with Crippen molar-refractivity contribution in [3.8, 4) is 0 Å². The van der Waals surface area contributed by atoms with Crippen LogP contribution in [-0.2, 0) is 9.59 Å². The van der Waals surface area contributed by atoms with E-state index in [1.807, 2.05) is 7.05 Å². The van der Waals surface area contributed by atoms with Crippen molar-refractivity contribution in [3.63, 3.8) is 0 Å². The lowest BCUT2D eigenvalue weighted by molar-refractivity contribution is -0.890. The van der Waals surface area contributed by atoms with Crippen molar-refractivity contribution < 1.29 is 19.2 Å². The molecule has 0 N–H and O–H groups in total. The highest BCUT2D eigenvalue weighted by Crippen LogP contribution is 2.12. The molecule has 26 heavy (non-hydrogen) atoms. The van der Waals surface area contributed by atoms with Crippen molar-refractivity contribution in [2.45, 2.75) is 70.6 Å². The Bertz CT molecular complexity index is 408. The Balaban J connectivity index is 3.41. The van der Waals surface area contributed by atoms with E-state index >= 15 is 0 Å². The molecule has 0 saturated heterocycles. The topological polar surface area (TPSA) is 60.4 Å². The molecule has 0 rings (SSSR count). The number of quaternary nitrogens is 1. The summed E-state index contributed by atoms with van der Waals surface area (Å²) >= 11 is 0. The van der Waals surface area contributed by atoms with E-state index in [2.05, 4.69) is 20.7 Å². The van der Waals surface area contributed by atoms with Crippen molar-refractivity contribution in [1.29, 1.82) is 0 Å². The largest absolute Gasteiger partial charge is 0.550 e. The zero-order valence-corrected chi connectivity index (χ0v) is 17.3. The van der Waals surface area contributed by atoms with Gasteiger partial charge in [0.1, 0.15) is 0 Å². The first kappa shape index (κ1) is 24.6. The third-order valence-corrected chi connectivity index (χ3v) is 4.95. The highest BCUT2D eigenvalue weighted by molar-refractivity contribution is 5.86. The number of carboxylic acid groups (broad SMARTS) is 1. The standard InChI is InChI=1S/C21H40N2O3/c1-5-20(24)22(2)17-13-11-9-7-6-8-10-12-14-18-23(3,4)19-15-16-21(25)26/h5H,1,6-19H2,2-4H3. The fourth-order valence-corrected chi connectivity index (χ4v) is 3.16. The lowest BCUT2D eigenvalue weighted by Crippen LogP contribution is -2.41. The van der Waals surface area contributed by atoms with Crippen LogP contribution >= 0.6 is 0 Å². The highest BCUT2D eigenvalue weighted by atomic mass is 16.4. The second-order valence-corrected chi connectivity index (χ2v) is 8.00. The number of aliphatic carboxylic acids is 1.